The number of anilines is 1. The largest absolute Gasteiger partial charge is 0.396 e. The fraction of sp³-hybridized carbons (Fsp3) is 0.615. The summed E-state index contributed by atoms with van der Waals surface area (Å²) in [4.78, 5) is 12.0. The Morgan fingerprint density at radius 3 is 2.77 bits per heavy atom. The van der Waals surface area contributed by atoms with E-state index < -0.39 is 29.8 Å². The first-order valence-corrected chi connectivity index (χ1v) is 7.02. The number of nitrogens with two attached hydrogens (primary N) is 1. The Balaban J connectivity index is 1.86. The maximum Gasteiger partial charge on any atom is 0.165 e. The molecule has 1 aliphatic rings. The van der Waals surface area contributed by atoms with Crippen LogP contribution in [0.4, 0.5) is 5.82 Å². The lowest BCUT2D eigenvalue weighted by atomic mass is 9.99. The summed E-state index contributed by atoms with van der Waals surface area (Å²) >= 11 is 0. The fourth-order valence-electron chi connectivity index (χ4n) is 2.81. The number of fused-ring (bicyclic) bond motifs is 1. The Kier molecular flexibility index (Phi) is 3.52. The van der Waals surface area contributed by atoms with E-state index in [1.165, 1.54) is 12.7 Å². The SMILES string of the molecule is CC(C(O)C(O)[C@]1(O)C[C@H]1CO)n1cnc2c(N)ncnc21. The molecule has 1 aliphatic carbocycles. The molecule has 0 aliphatic heterocycles. The van der Waals surface area contributed by atoms with Gasteiger partial charge in [-0.2, -0.15) is 0 Å². The molecular weight excluding hydrogens is 290 g/mol. The average molecular weight is 309 g/mol. The lowest BCUT2D eigenvalue weighted by molar-refractivity contribution is -0.0963. The van der Waals surface area contributed by atoms with Crippen molar-refractivity contribution in [3.8, 4) is 0 Å². The molecule has 0 bridgehead atoms. The van der Waals surface area contributed by atoms with Crippen LogP contribution in [0.15, 0.2) is 12.7 Å². The molecule has 6 N–H and O–H groups in total. The number of aliphatic hydroxyl groups is 4. The zero-order chi connectivity index (χ0) is 16.1. The molecule has 9 heteroatoms. The van der Waals surface area contributed by atoms with Gasteiger partial charge in [-0.05, 0) is 13.3 Å². The van der Waals surface area contributed by atoms with Gasteiger partial charge in [-0.25, -0.2) is 15.0 Å². The second-order valence-corrected chi connectivity index (χ2v) is 5.83. The molecule has 0 radical (unpaired) electrons. The first-order chi connectivity index (χ1) is 10.4. The Morgan fingerprint density at radius 1 is 1.41 bits per heavy atom. The Hall–Kier alpha value is -1.81. The summed E-state index contributed by atoms with van der Waals surface area (Å²) in [7, 11) is 0. The topological polar surface area (TPSA) is 151 Å². The van der Waals surface area contributed by atoms with Crippen molar-refractivity contribution in [1.29, 1.82) is 0 Å². The van der Waals surface area contributed by atoms with Crippen LogP contribution in [-0.2, 0) is 0 Å². The molecule has 5 atom stereocenters. The van der Waals surface area contributed by atoms with Crippen LogP contribution in [0.3, 0.4) is 0 Å². The summed E-state index contributed by atoms with van der Waals surface area (Å²) in [5, 5.41) is 39.8. The minimum atomic E-state index is -1.45. The van der Waals surface area contributed by atoms with Crippen LogP contribution in [0.2, 0.25) is 0 Å². The Labute approximate surface area is 126 Å². The molecule has 22 heavy (non-hydrogen) atoms. The van der Waals surface area contributed by atoms with Gasteiger partial charge in [0.05, 0.1) is 18.0 Å². The van der Waals surface area contributed by atoms with Gasteiger partial charge in [0.25, 0.3) is 0 Å². The lowest BCUT2D eigenvalue weighted by Crippen LogP contribution is -2.44. The van der Waals surface area contributed by atoms with Crippen molar-refractivity contribution in [1.82, 2.24) is 19.5 Å². The van der Waals surface area contributed by atoms with Gasteiger partial charge in [0.2, 0.25) is 0 Å². The predicted octanol–water partition coefficient (Wildman–Crippen LogP) is -1.57. The quantitative estimate of drug-likeness (QED) is 0.444. The molecular formula is C13H19N5O4. The van der Waals surface area contributed by atoms with Gasteiger partial charge in [0, 0.05) is 12.5 Å². The summed E-state index contributed by atoms with van der Waals surface area (Å²) < 4.78 is 1.57. The molecule has 1 fully saturated rings. The summed E-state index contributed by atoms with van der Waals surface area (Å²) in [6.07, 6.45) is 0.374. The third kappa shape index (κ3) is 2.13. The zero-order valence-corrected chi connectivity index (χ0v) is 12.0. The average Bonchev–Trinajstić information content (AvgIpc) is 3.00. The molecule has 120 valence electrons. The highest BCUT2D eigenvalue weighted by molar-refractivity contribution is 5.81. The molecule has 0 amide bonds. The van der Waals surface area contributed by atoms with Gasteiger partial charge in [0.15, 0.2) is 11.5 Å². The minimum absolute atomic E-state index is 0.229. The van der Waals surface area contributed by atoms with Crippen LogP contribution in [0.5, 0.6) is 0 Å². The van der Waals surface area contributed by atoms with E-state index in [1.807, 2.05) is 0 Å². The smallest absolute Gasteiger partial charge is 0.165 e. The van der Waals surface area contributed by atoms with E-state index in [9.17, 15) is 15.3 Å². The van der Waals surface area contributed by atoms with Crippen LogP contribution < -0.4 is 5.73 Å². The molecule has 0 saturated heterocycles. The van der Waals surface area contributed by atoms with Crippen LogP contribution in [-0.4, -0.2) is 64.4 Å². The van der Waals surface area contributed by atoms with E-state index in [0.29, 0.717) is 11.2 Å². The van der Waals surface area contributed by atoms with Crippen molar-refractivity contribution in [3.63, 3.8) is 0 Å². The number of aliphatic hydroxyl groups excluding tert-OH is 3. The summed E-state index contributed by atoms with van der Waals surface area (Å²) in [5.74, 6) is -0.186. The molecule has 3 unspecified atom stereocenters. The second-order valence-electron chi connectivity index (χ2n) is 5.83. The van der Waals surface area contributed by atoms with E-state index >= 15 is 0 Å². The standard InChI is InChI=1S/C13H19N5O4/c1-6(9(20)10(21)13(22)2-7(13)3-19)18-5-17-8-11(14)15-4-16-12(8)18/h4-7,9-10,19-22H,2-3H2,1H3,(H2,14,15,16)/t6?,7-,9?,10?,13-/m0/s1. The summed E-state index contributed by atoms with van der Waals surface area (Å²) in [5.41, 5.74) is 5.11. The molecule has 2 aromatic heterocycles. The van der Waals surface area contributed by atoms with Crippen LogP contribution in [0.1, 0.15) is 19.4 Å². The second kappa shape index (κ2) is 5.13. The number of rotatable bonds is 5. The van der Waals surface area contributed by atoms with Gasteiger partial charge in [-0.15, -0.1) is 0 Å². The molecule has 0 spiro atoms. The normalized spacial score (nSPS) is 28.5. The third-order valence-corrected chi connectivity index (χ3v) is 4.50. The van der Waals surface area contributed by atoms with Gasteiger partial charge < -0.3 is 30.7 Å². The first-order valence-electron chi connectivity index (χ1n) is 7.02. The van der Waals surface area contributed by atoms with Crippen molar-refractivity contribution in [2.24, 2.45) is 5.92 Å². The van der Waals surface area contributed by atoms with E-state index in [1.54, 1.807) is 11.5 Å². The van der Waals surface area contributed by atoms with Gasteiger partial charge >= 0.3 is 0 Å². The number of nitrogens with zero attached hydrogens (tertiary/aromatic N) is 4. The van der Waals surface area contributed by atoms with E-state index in [2.05, 4.69) is 15.0 Å². The van der Waals surface area contributed by atoms with E-state index in [-0.39, 0.29) is 18.8 Å². The number of imidazole rings is 1. The maximum atomic E-state index is 10.4. The van der Waals surface area contributed by atoms with Crippen molar-refractivity contribution < 1.29 is 20.4 Å². The monoisotopic (exact) mass is 309 g/mol. The number of nitrogen functional groups attached to an aromatic ring is 1. The molecule has 1 saturated carbocycles. The fourth-order valence-corrected chi connectivity index (χ4v) is 2.81. The number of aromatic nitrogens is 4. The Bertz CT molecular complexity index is 692. The highest BCUT2D eigenvalue weighted by Crippen LogP contribution is 2.47. The van der Waals surface area contributed by atoms with Gasteiger partial charge in [0.1, 0.15) is 24.1 Å². The van der Waals surface area contributed by atoms with Gasteiger partial charge in [-0.3, -0.25) is 0 Å². The van der Waals surface area contributed by atoms with E-state index in [4.69, 9.17) is 10.8 Å². The zero-order valence-electron chi connectivity index (χ0n) is 12.0. The van der Waals surface area contributed by atoms with Crippen LogP contribution in [0.25, 0.3) is 11.2 Å². The maximum absolute atomic E-state index is 10.4. The summed E-state index contributed by atoms with van der Waals surface area (Å²) in [6, 6.07) is -0.599. The first kappa shape index (κ1) is 15.1. The molecule has 2 heterocycles. The molecule has 3 rings (SSSR count). The lowest BCUT2D eigenvalue weighted by Gasteiger charge is -2.28. The number of hydrogen-bond acceptors (Lipinski definition) is 8. The van der Waals surface area contributed by atoms with Crippen LogP contribution >= 0.6 is 0 Å². The molecule has 9 nitrogen and oxygen atoms in total. The van der Waals surface area contributed by atoms with E-state index in [0.717, 1.165) is 0 Å². The highest BCUT2D eigenvalue weighted by atomic mass is 16.4. The Morgan fingerprint density at radius 2 is 2.14 bits per heavy atom. The van der Waals surface area contributed by atoms with Crippen molar-refractivity contribution in [2.45, 2.75) is 37.2 Å². The van der Waals surface area contributed by atoms with Crippen molar-refractivity contribution >= 4 is 17.0 Å². The van der Waals surface area contributed by atoms with Crippen molar-refractivity contribution in [2.75, 3.05) is 12.3 Å². The van der Waals surface area contributed by atoms with Gasteiger partial charge in [-0.1, -0.05) is 0 Å². The predicted molar refractivity (Wildman–Crippen MR) is 76.6 cm³/mol. The van der Waals surface area contributed by atoms with Crippen molar-refractivity contribution in [3.05, 3.63) is 12.7 Å². The highest BCUT2D eigenvalue weighted by Gasteiger charge is 2.60. The molecule has 2 aromatic rings. The summed E-state index contributed by atoms with van der Waals surface area (Å²) in [6.45, 7) is 1.44. The third-order valence-electron chi connectivity index (χ3n) is 4.50. The minimum Gasteiger partial charge on any atom is -0.396 e. The van der Waals surface area contributed by atoms with Crippen LogP contribution in [0, 0.1) is 5.92 Å². The molecule has 0 aromatic carbocycles. The number of hydrogen-bond donors (Lipinski definition) is 5.